The van der Waals surface area contributed by atoms with E-state index in [1.165, 1.54) is 36.7 Å². The number of hydrazine groups is 1. The van der Waals surface area contributed by atoms with Crippen LogP contribution in [0.15, 0.2) is 42.5 Å². The van der Waals surface area contributed by atoms with Crippen molar-refractivity contribution in [3.63, 3.8) is 0 Å². The molecular weight excluding hydrogens is 415 g/mol. The highest BCUT2D eigenvalue weighted by atomic mass is 19.4. The van der Waals surface area contributed by atoms with Gasteiger partial charge in [0.25, 0.3) is 5.91 Å². The van der Waals surface area contributed by atoms with Crippen molar-refractivity contribution in [3.05, 3.63) is 68.3 Å². The first-order chi connectivity index (χ1) is 14.0. The van der Waals surface area contributed by atoms with Crippen molar-refractivity contribution in [3.8, 4) is 0 Å². The molecule has 2 aromatic rings. The lowest BCUT2D eigenvalue weighted by Gasteiger charge is -2.30. The van der Waals surface area contributed by atoms with Gasteiger partial charge in [-0.3, -0.25) is 40.7 Å². The average molecular weight is 429 g/mol. The lowest BCUT2D eigenvalue weighted by atomic mass is 10.1. The predicted octanol–water partition coefficient (Wildman–Crippen LogP) is 3.25. The van der Waals surface area contributed by atoms with Crippen LogP contribution in [0.3, 0.4) is 0 Å². The summed E-state index contributed by atoms with van der Waals surface area (Å²) in [5.41, 5.74) is -1.07. The minimum absolute atomic E-state index is 0.148. The summed E-state index contributed by atoms with van der Waals surface area (Å²) in [5, 5.41) is 32.6. The third kappa shape index (κ3) is 4.72. The van der Waals surface area contributed by atoms with Gasteiger partial charge in [-0.1, -0.05) is 18.2 Å². The maximum absolute atomic E-state index is 13.1. The van der Waals surface area contributed by atoms with Gasteiger partial charge in [-0.15, -0.1) is 0 Å². The van der Waals surface area contributed by atoms with Gasteiger partial charge in [0.2, 0.25) is 5.69 Å². The van der Waals surface area contributed by atoms with Crippen molar-refractivity contribution in [1.82, 2.24) is 5.48 Å². The van der Waals surface area contributed by atoms with E-state index in [0.29, 0.717) is 0 Å². The van der Waals surface area contributed by atoms with E-state index in [-0.39, 0.29) is 17.8 Å². The van der Waals surface area contributed by atoms with Crippen molar-refractivity contribution in [2.24, 2.45) is 0 Å². The number of nitrogens with one attached hydrogen (secondary N) is 2. The van der Waals surface area contributed by atoms with Gasteiger partial charge in [0.05, 0.1) is 21.1 Å². The standard InChI is InChI=1S/C16H14F3N5O6/c1-9(15(25)21-26)22(11-5-3-2-4-6-11)20-14-12(23(27)28)7-10(16(17,18)19)8-13(14)24(29)30/h2-9,20,26H,1H3,(H,21,25). The quantitative estimate of drug-likeness (QED) is 0.345. The molecule has 0 bridgehead atoms. The number of benzene rings is 2. The zero-order valence-corrected chi connectivity index (χ0v) is 15.1. The van der Waals surface area contributed by atoms with Crippen LogP contribution < -0.4 is 15.9 Å². The number of amides is 1. The Hall–Kier alpha value is -3.94. The Labute approximate surface area is 165 Å². The Bertz CT molecular complexity index is 935. The molecule has 30 heavy (non-hydrogen) atoms. The van der Waals surface area contributed by atoms with Gasteiger partial charge in [-0.2, -0.15) is 13.2 Å². The van der Waals surface area contributed by atoms with Gasteiger partial charge in [-0.05, 0) is 19.1 Å². The SMILES string of the molecule is CC(C(=O)NO)N(Nc1c([N+](=O)[O-])cc(C(F)(F)F)cc1[N+](=O)[O-])c1ccccc1. The fourth-order valence-corrected chi connectivity index (χ4v) is 2.48. The van der Waals surface area contributed by atoms with Crippen LogP contribution in [0.25, 0.3) is 0 Å². The maximum atomic E-state index is 13.1. The number of nitro groups is 2. The summed E-state index contributed by atoms with van der Waals surface area (Å²) < 4.78 is 39.2. The summed E-state index contributed by atoms with van der Waals surface area (Å²) in [6.45, 7) is 1.24. The Balaban J connectivity index is 2.71. The van der Waals surface area contributed by atoms with Gasteiger partial charge in [0.15, 0.2) is 0 Å². The van der Waals surface area contributed by atoms with E-state index in [9.17, 15) is 38.2 Å². The number of carbonyl (C=O) groups excluding carboxylic acids is 1. The summed E-state index contributed by atoms with van der Waals surface area (Å²) in [6, 6.07) is 6.49. The summed E-state index contributed by atoms with van der Waals surface area (Å²) in [7, 11) is 0. The number of carbonyl (C=O) groups is 1. The normalized spacial score (nSPS) is 12.0. The molecule has 0 fully saturated rings. The minimum Gasteiger partial charge on any atom is -0.289 e. The van der Waals surface area contributed by atoms with E-state index >= 15 is 0 Å². The first kappa shape index (κ1) is 22.4. The molecule has 0 spiro atoms. The van der Waals surface area contributed by atoms with E-state index in [0.717, 1.165) is 5.01 Å². The molecule has 11 nitrogen and oxygen atoms in total. The molecule has 0 aliphatic carbocycles. The van der Waals surface area contributed by atoms with Crippen LogP contribution in [0.2, 0.25) is 0 Å². The van der Waals surface area contributed by atoms with Gasteiger partial charge in [-0.25, -0.2) is 5.48 Å². The number of nitrogens with zero attached hydrogens (tertiary/aromatic N) is 3. The van der Waals surface area contributed by atoms with Crippen LogP contribution >= 0.6 is 0 Å². The molecule has 14 heteroatoms. The number of alkyl halides is 3. The maximum Gasteiger partial charge on any atom is 0.416 e. The lowest BCUT2D eigenvalue weighted by molar-refractivity contribution is -0.392. The molecule has 0 heterocycles. The van der Waals surface area contributed by atoms with Gasteiger partial charge >= 0.3 is 17.6 Å². The van der Waals surface area contributed by atoms with Crippen molar-refractivity contribution in [2.45, 2.75) is 19.1 Å². The zero-order chi connectivity index (χ0) is 22.6. The first-order valence-electron chi connectivity index (χ1n) is 8.06. The molecule has 0 aliphatic rings. The summed E-state index contributed by atoms with van der Waals surface area (Å²) in [5.74, 6) is -0.997. The number of hydrogen-bond acceptors (Lipinski definition) is 8. The Kier molecular flexibility index (Phi) is 6.41. The van der Waals surface area contributed by atoms with Crippen LogP contribution in [-0.2, 0) is 11.0 Å². The third-order valence-corrected chi connectivity index (χ3v) is 3.96. The van der Waals surface area contributed by atoms with Crippen LogP contribution in [0.4, 0.5) is 35.9 Å². The number of para-hydroxylation sites is 1. The van der Waals surface area contributed by atoms with Crippen LogP contribution in [0, 0.1) is 20.2 Å². The Morgan fingerprint density at radius 1 is 1.10 bits per heavy atom. The Morgan fingerprint density at radius 3 is 2.00 bits per heavy atom. The molecule has 0 aliphatic heterocycles. The molecule has 3 N–H and O–H groups in total. The number of anilines is 2. The van der Waals surface area contributed by atoms with Crippen LogP contribution in [-0.4, -0.2) is 27.0 Å². The second-order valence-corrected chi connectivity index (χ2v) is 5.87. The van der Waals surface area contributed by atoms with E-state index in [2.05, 4.69) is 5.43 Å². The predicted molar refractivity (Wildman–Crippen MR) is 96.7 cm³/mol. The van der Waals surface area contributed by atoms with Gasteiger partial charge in [0, 0.05) is 12.1 Å². The molecule has 1 amide bonds. The second-order valence-electron chi connectivity index (χ2n) is 5.87. The fourth-order valence-electron chi connectivity index (χ4n) is 2.48. The highest BCUT2D eigenvalue weighted by Gasteiger charge is 2.38. The molecule has 0 radical (unpaired) electrons. The van der Waals surface area contributed by atoms with Crippen molar-refractivity contribution in [2.75, 3.05) is 10.4 Å². The van der Waals surface area contributed by atoms with Crippen molar-refractivity contribution >= 4 is 28.7 Å². The van der Waals surface area contributed by atoms with Crippen molar-refractivity contribution in [1.29, 1.82) is 0 Å². The van der Waals surface area contributed by atoms with Gasteiger partial charge in [0.1, 0.15) is 6.04 Å². The smallest absolute Gasteiger partial charge is 0.289 e. The van der Waals surface area contributed by atoms with E-state index < -0.39 is 50.6 Å². The molecule has 2 rings (SSSR count). The molecule has 0 saturated heterocycles. The molecular formula is C16H14F3N5O6. The minimum atomic E-state index is -5.07. The number of halogens is 3. The topological polar surface area (TPSA) is 151 Å². The Morgan fingerprint density at radius 2 is 1.60 bits per heavy atom. The van der Waals surface area contributed by atoms with E-state index in [1.807, 2.05) is 0 Å². The molecule has 160 valence electrons. The lowest BCUT2D eigenvalue weighted by Crippen LogP contribution is -2.47. The zero-order valence-electron chi connectivity index (χ0n) is 15.1. The summed E-state index contributed by atoms with van der Waals surface area (Å²) >= 11 is 0. The number of hydroxylamine groups is 1. The average Bonchev–Trinajstić information content (AvgIpc) is 2.70. The third-order valence-electron chi connectivity index (χ3n) is 3.96. The molecule has 1 unspecified atom stereocenters. The monoisotopic (exact) mass is 429 g/mol. The second kappa shape index (κ2) is 8.60. The highest BCUT2D eigenvalue weighted by molar-refractivity contribution is 5.86. The van der Waals surface area contributed by atoms with Crippen LogP contribution in [0.5, 0.6) is 0 Å². The summed E-state index contributed by atoms with van der Waals surface area (Å²) in [6.07, 6.45) is -5.07. The fraction of sp³-hybridized carbons (Fsp3) is 0.188. The number of rotatable bonds is 7. The van der Waals surface area contributed by atoms with E-state index in [4.69, 9.17) is 5.21 Å². The van der Waals surface area contributed by atoms with Crippen LogP contribution in [0.1, 0.15) is 12.5 Å². The van der Waals surface area contributed by atoms with E-state index in [1.54, 1.807) is 6.07 Å². The first-order valence-corrected chi connectivity index (χ1v) is 8.06. The molecule has 2 aromatic carbocycles. The highest BCUT2D eigenvalue weighted by Crippen LogP contribution is 2.41. The van der Waals surface area contributed by atoms with Crippen molar-refractivity contribution < 1.29 is 33.0 Å². The number of nitro benzene ring substituents is 2. The molecule has 0 saturated carbocycles. The largest absolute Gasteiger partial charge is 0.416 e. The number of hydrogen-bond donors (Lipinski definition) is 3. The summed E-state index contributed by atoms with van der Waals surface area (Å²) in [4.78, 5) is 32.2. The molecule has 1 atom stereocenters. The van der Waals surface area contributed by atoms with Gasteiger partial charge < -0.3 is 0 Å². The molecule has 0 aromatic heterocycles.